The van der Waals surface area contributed by atoms with Crippen molar-refractivity contribution >= 4 is 51.3 Å². The van der Waals surface area contributed by atoms with Crippen LogP contribution in [0, 0.1) is 11.8 Å². The van der Waals surface area contributed by atoms with E-state index in [1.165, 1.54) is 50.8 Å². The number of nitrogens with one attached hydrogen (secondary N) is 5. The van der Waals surface area contributed by atoms with Crippen LogP contribution in [0.2, 0.25) is 0 Å². The molecule has 55 heavy (non-hydrogen) atoms. The molecule has 1 aromatic heterocycles. The number of likely N-dealkylation sites (N-methyl/N-ethyl adjacent to an activating group) is 1. The van der Waals surface area contributed by atoms with Crippen molar-refractivity contribution in [2.75, 3.05) is 20.6 Å². The average Bonchev–Trinajstić information content (AvgIpc) is 3.52. The Labute approximate surface area is 331 Å². The summed E-state index contributed by atoms with van der Waals surface area (Å²) in [5.41, 5.74) is 12.0. The number of pyridine rings is 1. The van der Waals surface area contributed by atoms with Gasteiger partial charge in [-0.05, 0) is 56.0 Å². The molecule has 5 unspecified atom stereocenters. The Morgan fingerprint density at radius 1 is 1.22 bits per heavy atom. The van der Waals surface area contributed by atoms with Gasteiger partial charge < -0.3 is 51.0 Å². The van der Waals surface area contributed by atoms with E-state index in [2.05, 4.69) is 43.5 Å². The number of ether oxygens (including phenoxy) is 1. The molecule has 0 spiro atoms. The molecular formula is C36H50FmN7O9PPd-2. The van der Waals surface area contributed by atoms with Crippen LogP contribution in [0.4, 0.5) is 0 Å². The van der Waals surface area contributed by atoms with E-state index in [0.717, 1.165) is 36.2 Å². The molecule has 2 aliphatic carbocycles. The molecular weight excluding hydrogens is 1070 g/mol. The van der Waals surface area contributed by atoms with Crippen molar-refractivity contribution in [1.29, 1.82) is 0 Å². The smallest absolute Gasteiger partial charge is 0.302 e. The standard InChI is InChI=1S/C22H23N2O4P.C11H17N4O5.C2H6.CH4N.Fm.Pd/c1-10-12-4-3-5-13-14-8-24-17(21(14)23-16(20(12)13)6-19(10)29)7-18(26)15(22(24)27)9-28-11(2)25;1-7(14-6-17)10(19)13-5-9(18)15-8(3-4-16)11(20)12-2;2*1-2;;/h6-7,12,20,26H,3-5,8-9,29H2,1-2H3;4,7-8H,3,5H2,1-2H3,(H,12,20)(H,13,19)(H,14,17)(H,15,18);1-2H3;2H,1H3;;/q;-1;;-1;;. The van der Waals surface area contributed by atoms with Gasteiger partial charge in [-0.2, -0.15) is 13.5 Å². The number of allylic oxidation sites excluding steroid dienone is 5. The van der Waals surface area contributed by atoms with Gasteiger partial charge in [-0.25, -0.2) is 0 Å². The largest absolute Gasteiger partial charge is 0.680 e. The van der Waals surface area contributed by atoms with Crippen molar-refractivity contribution in [3.63, 3.8) is 0 Å². The zero-order chi connectivity index (χ0) is 40.0. The predicted molar refractivity (Wildman–Crippen MR) is 202 cm³/mol. The summed E-state index contributed by atoms with van der Waals surface area (Å²) in [7, 11) is 5.45. The topological polar surface area (TPSA) is 238 Å². The molecule has 4 amide bonds. The van der Waals surface area contributed by atoms with Crippen LogP contribution in [0.5, 0.6) is 5.75 Å². The summed E-state index contributed by atoms with van der Waals surface area (Å²) >= 11 is 0. The summed E-state index contributed by atoms with van der Waals surface area (Å²) in [5, 5.41) is 20.6. The molecule has 1 saturated carbocycles. The van der Waals surface area contributed by atoms with Crippen LogP contribution in [0.1, 0.15) is 71.6 Å². The Morgan fingerprint density at radius 2 is 1.87 bits per heavy atom. The number of rotatable bonds is 11. The molecule has 0 aromatic carbocycles. The summed E-state index contributed by atoms with van der Waals surface area (Å²) in [5.74, 6) is -1.59. The van der Waals surface area contributed by atoms with Crippen molar-refractivity contribution in [3.05, 3.63) is 67.2 Å². The summed E-state index contributed by atoms with van der Waals surface area (Å²) < 4.78 is 6.62. The third-order valence-corrected chi connectivity index (χ3v) is 9.59. The fourth-order valence-electron chi connectivity index (χ4n) is 6.40. The first-order valence-corrected chi connectivity index (χ1v) is 17.8. The number of carbonyl (C=O) groups excluding carboxylic acids is 6. The molecule has 0 saturated heterocycles. The second-order valence-corrected chi connectivity index (χ2v) is 12.7. The van der Waals surface area contributed by atoms with Gasteiger partial charge in [0.1, 0.15) is 24.7 Å². The molecule has 4 aliphatic rings. The molecule has 19 heteroatoms. The normalized spacial score (nSPS) is 17.7. The number of fused-ring (bicyclic) bond motifs is 3. The maximum Gasteiger partial charge on any atom is 0.302 e. The number of hydrogen-bond acceptors (Lipinski definition) is 10. The molecule has 0 radical (unpaired) electrons. The maximum atomic E-state index is 13.0. The van der Waals surface area contributed by atoms with Crippen LogP contribution in [0.15, 0.2) is 49.7 Å². The summed E-state index contributed by atoms with van der Waals surface area (Å²) in [6.45, 7) is 8.76. The van der Waals surface area contributed by atoms with Crippen molar-refractivity contribution in [2.45, 2.75) is 85.5 Å². The van der Waals surface area contributed by atoms with Crippen LogP contribution < -0.4 is 26.8 Å². The second kappa shape index (κ2) is 23.5. The number of dihydropyridines is 1. The van der Waals surface area contributed by atoms with E-state index in [1.54, 1.807) is 10.6 Å². The van der Waals surface area contributed by atoms with Gasteiger partial charge in [-0.15, -0.1) is 9.24 Å². The molecule has 2 aliphatic heterocycles. The Kier molecular flexibility index (Phi) is 21.2. The Bertz CT molecular complexity index is 1780. The minimum Gasteiger partial charge on any atom is -0.680 e. The molecule has 1 fully saturated rings. The van der Waals surface area contributed by atoms with Gasteiger partial charge in [0.15, 0.2) is 0 Å². The number of aldehydes is 1. The van der Waals surface area contributed by atoms with E-state index in [-0.39, 0.29) is 56.9 Å². The zero-order valence-corrected chi connectivity index (χ0v) is 36.9. The van der Waals surface area contributed by atoms with Gasteiger partial charge in [-0.3, -0.25) is 29.0 Å². The fraction of sp³-hybridized carbons (Fsp3) is 0.500. The quantitative estimate of drug-likeness (QED) is 0.0543. The molecule has 1 aromatic rings. The SMILES string of the molecule is CC.CC(=O)OCc1c(O)cc2n(c1=O)CC1=C3CCCC4C(C)=C(P)C=C(N=C12)C34.CNC(=O)C(CC=O)NC(=O)CNC(=O)C(C)N[C-]=O.C[NH-].[Fm].[Pd]. The van der Waals surface area contributed by atoms with Gasteiger partial charge in [-0.1, -0.05) is 25.0 Å². The van der Waals surface area contributed by atoms with Gasteiger partial charge in [0, 0.05) is 58.5 Å². The number of aromatic hydroxyl groups is 1. The van der Waals surface area contributed by atoms with E-state index in [1.807, 2.05) is 13.8 Å². The summed E-state index contributed by atoms with van der Waals surface area (Å²) in [6.07, 6.45) is 7.14. The Hall–Kier alpha value is -5.29. The monoisotopic (exact) mass is 1120 g/mol. The van der Waals surface area contributed by atoms with Crippen LogP contribution in [0.3, 0.4) is 0 Å². The number of hydrogen-bond donors (Lipinski definition) is 5. The molecule has 5 rings (SSSR count). The van der Waals surface area contributed by atoms with Gasteiger partial charge in [0.2, 0.25) is 17.7 Å². The molecule has 5 atom stereocenters. The van der Waals surface area contributed by atoms with Gasteiger partial charge in [0.05, 0.1) is 36.1 Å². The van der Waals surface area contributed by atoms with Crippen LogP contribution in [-0.4, -0.2) is 84.5 Å². The summed E-state index contributed by atoms with van der Waals surface area (Å²) in [6, 6.07) is -0.231. The molecule has 6 N–H and O–H groups in total. The van der Waals surface area contributed by atoms with Crippen molar-refractivity contribution in [3.8, 4) is 5.75 Å². The Morgan fingerprint density at radius 3 is 2.45 bits per heavy atom. The molecule has 0 bridgehead atoms. The minimum absolute atomic E-state index is 0. The Balaban J connectivity index is 0.000000999. The number of nitrogens with zero attached hydrogens (tertiary/aromatic N) is 2. The minimum atomic E-state index is -0.985. The average molecular weight is 1120 g/mol. The first kappa shape index (κ1) is 49.7. The van der Waals surface area contributed by atoms with Gasteiger partial charge in [0.25, 0.3) is 5.56 Å². The van der Waals surface area contributed by atoms with Gasteiger partial charge >= 0.3 is 5.97 Å². The number of esters is 1. The van der Waals surface area contributed by atoms with E-state index in [9.17, 15) is 38.7 Å². The van der Waals surface area contributed by atoms with Crippen LogP contribution in [-0.2, 0) is 67.1 Å². The number of carbonyl (C=O) groups is 5. The number of aromatic nitrogens is 1. The first-order chi connectivity index (χ1) is 25.3. The van der Waals surface area contributed by atoms with E-state index >= 15 is 0 Å². The fourth-order valence-corrected chi connectivity index (χ4v) is 6.79. The maximum absolute atomic E-state index is 13.0. The van der Waals surface area contributed by atoms with Crippen molar-refractivity contribution in [1.82, 2.24) is 25.8 Å². The second-order valence-electron chi connectivity index (χ2n) is 12.0. The van der Waals surface area contributed by atoms with E-state index in [4.69, 9.17) is 15.5 Å². The first-order valence-electron chi connectivity index (χ1n) is 17.3. The van der Waals surface area contributed by atoms with E-state index in [0.29, 0.717) is 30.4 Å². The van der Waals surface area contributed by atoms with Crippen molar-refractivity contribution < 1.29 is 59.0 Å². The van der Waals surface area contributed by atoms with E-state index < -0.39 is 35.8 Å². The molecule has 312 valence electrons. The number of aliphatic imine (C=N–C) groups is 1. The molecule has 3 heterocycles. The zero-order valence-electron chi connectivity index (χ0n) is 31.8. The third kappa shape index (κ3) is 11.8. The number of amides is 4. The molecule has 16 nitrogen and oxygen atoms in total. The van der Waals surface area contributed by atoms with Crippen molar-refractivity contribution in [2.24, 2.45) is 16.8 Å². The predicted octanol–water partition coefficient (Wildman–Crippen LogP) is 1.85. The summed E-state index contributed by atoms with van der Waals surface area (Å²) in [4.78, 5) is 83.8. The van der Waals surface area contributed by atoms with Crippen LogP contribution >= 0.6 is 9.24 Å². The third-order valence-electron chi connectivity index (χ3n) is 8.96. The van der Waals surface area contributed by atoms with Crippen LogP contribution in [0.25, 0.3) is 5.73 Å².